The van der Waals surface area contributed by atoms with E-state index in [0.717, 1.165) is 17.0 Å². The summed E-state index contributed by atoms with van der Waals surface area (Å²) in [5, 5.41) is 5.21. The Balaban J connectivity index is 2.13. The van der Waals surface area contributed by atoms with E-state index < -0.39 is 0 Å². The number of carbonyl (C=O) groups is 1. The molecule has 0 aliphatic rings. The molecule has 1 N–H and O–H groups in total. The second kappa shape index (κ2) is 5.84. The van der Waals surface area contributed by atoms with E-state index in [4.69, 9.17) is 4.74 Å². The lowest BCUT2D eigenvalue weighted by atomic mass is 10.2. The molecule has 1 aromatic heterocycles. The first-order valence-electron chi connectivity index (χ1n) is 6.05. The summed E-state index contributed by atoms with van der Waals surface area (Å²) in [6.45, 7) is 5.46. The molecule has 0 aliphatic carbocycles. The van der Waals surface area contributed by atoms with Crippen LogP contribution in [0.25, 0.3) is 11.3 Å². The number of amides is 1. The van der Waals surface area contributed by atoms with Gasteiger partial charge in [0.2, 0.25) is 5.91 Å². The van der Waals surface area contributed by atoms with Gasteiger partial charge in [0.15, 0.2) is 5.13 Å². The van der Waals surface area contributed by atoms with Crippen LogP contribution >= 0.6 is 11.3 Å². The fourth-order valence-electron chi connectivity index (χ4n) is 1.59. The lowest BCUT2D eigenvalue weighted by Crippen LogP contribution is -2.05. The number of anilines is 1. The summed E-state index contributed by atoms with van der Waals surface area (Å²) in [5.41, 5.74) is 1.86. The number of nitrogens with one attached hydrogen (secondary N) is 1. The third kappa shape index (κ3) is 3.79. The molecule has 1 amide bonds. The second-order valence-electron chi connectivity index (χ2n) is 4.41. The minimum atomic E-state index is -0.110. The number of ether oxygens (including phenoxy) is 1. The van der Waals surface area contributed by atoms with Gasteiger partial charge in [-0.2, -0.15) is 0 Å². The Morgan fingerprint density at radius 3 is 2.58 bits per heavy atom. The Bertz CT molecular complexity index is 561. The van der Waals surface area contributed by atoms with E-state index in [0.29, 0.717) is 5.13 Å². The number of thiazole rings is 1. The molecule has 1 aromatic carbocycles. The number of rotatable bonds is 4. The molecule has 0 saturated heterocycles. The van der Waals surface area contributed by atoms with Crippen molar-refractivity contribution < 1.29 is 9.53 Å². The fraction of sp³-hybridized carbons (Fsp3) is 0.286. The van der Waals surface area contributed by atoms with Gasteiger partial charge in [-0.1, -0.05) is 0 Å². The van der Waals surface area contributed by atoms with Crippen LogP contribution in [0, 0.1) is 0 Å². The van der Waals surface area contributed by atoms with Gasteiger partial charge in [-0.15, -0.1) is 11.3 Å². The zero-order valence-corrected chi connectivity index (χ0v) is 12.0. The van der Waals surface area contributed by atoms with E-state index in [9.17, 15) is 4.79 Å². The molecule has 0 atom stereocenters. The van der Waals surface area contributed by atoms with Crippen LogP contribution in [0.1, 0.15) is 20.8 Å². The van der Waals surface area contributed by atoms with Crippen LogP contribution in [0.3, 0.4) is 0 Å². The van der Waals surface area contributed by atoms with Crippen molar-refractivity contribution in [1.29, 1.82) is 0 Å². The molecular formula is C14H16N2O2S. The molecule has 0 fully saturated rings. The van der Waals surface area contributed by atoms with E-state index in [1.54, 1.807) is 0 Å². The zero-order chi connectivity index (χ0) is 13.8. The zero-order valence-electron chi connectivity index (χ0n) is 11.1. The number of hydrogen-bond donors (Lipinski definition) is 1. The van der Waals surface area contributed by atoms with E-state index >= 15 is 0 Å². The summed E-state index contributed by atoms with van der Waals surface area (Å²) in [6.07, 6.45) is 0.163. The maximum atomic E-state index is 10.9. The van der Waals surface area contributed by atoms with Crippen molar-refractivity contribution in [3.63, 3.8) is 0 Å². The van der Waals surface area contributed by atoms with E-state index in [2.05, 4.69) is 10.3 Å². The van der Waals surface area contributed by atoms with Gasteiger partial charge in [-0.3, -0.25) is 4.79 Å². The van der Waals surface area contributed by atoms with E-state index in [1.807, 2.05) is 43.5 Å². The molecule has 0 bridgehead atoms. The van der Waals surface area contributed by atoms with Gasteiger partial charge in [0.25, 0.3) is 0 Å². The van der Waals surface area contributed by atoms with Crippen molar-refractivity contribution in [3.8, 4) is 17.0 Å². The second-order valence-corrected chi connectivity index (χ2v) is 5.27. The van der Waals surface area contributed by atoms with Crippen molar-refractivity contribution in [2.75, 3.05) is 5.32 Å². The highest BCUT2D eigenvalue weighted by Gasteiger charge is 2.06. The van der Waals surface area contributed by atoms with E-state index in [1.165, 1.54) is 18.3 Å². The van der Waals surface area contributed by atoms with Crippen LogP contribution in [0.2, 0.25) is 0 Å². The largest absolute Gasteiger partial charge is 0.491 e. The molecule has 5 heteroatoms. The monoisotopic (exact) mass is 276 g/mol. The highest BCUT2D eigenvalue weighted by molar-refractivity contribution is 7.14. The van der Waals surface area contributed by atoms with E-state index in [-0.39, 0.29) is 12.0 Å². The summed E-state index contributed by atoms with van der Waals surface area (Å²) in [5.74, 6) is 0.734. The lowest BCUT2D eigenvalue weighted by molar-refractivity contribution is -0.114. The average molecular weight is 276 g/mol. The molecule has 4 nitrogen and oxygen atoms in total. The summed E-state index contributed by atoms with van der Waals surface area (Å²) in [7, 11) is 0. The quantitative estimate of drug-likeness (QED) is 0.929. The summed E-state index contributed by atoms with van der Waals surface area (Å²) >= 11 is 1.41. The van der Waals surface area contributed by atoms with Crippen LogP contribution in [0.15, 0.2) is 29.6 Å². The highest BCUT2D eigenvalue weighted by Crippen LogP contribution is 2.26. The van der Waals surface area contributed by atoms with Crippen molar-refractivity contribution in [2.24, 2.45) is 0 Å². The SMILES string of the molecule is CC(=O)Nc1nc(-c2ccc(OC(C)C)cc2)cs1. The first-order valence-corrected chi connectivity index (χ1v) is 6.93. The Labute approximate surface area is 116 Å². The molecule has 0 unspecified atom stereocenters. The molecule has 2 rings (SSSR count). The molecule has 2 aromatic rings. The topological polar surface area (TPSA) is 51.2 Å². The van der Waals surface area contributed by atoms with Gasteiger partial charge in [0, 0.05) is 17.9 Å². The molecule has 0 radical (unpaired) electrons. The molecule has 0 saturated carbocycles. The lowest BCUT2D eigenvalue weighted by Gasteiger charge is -2.09. The number of nitrogens with zero attached hydrogens (tertiary/aromatic N) is 1. The normalized spacial score (nSPS) is 10.5. The van der Waals surface area contributed by atoms with Gasteiger partial charge in [0.1, 0.15) is 5.75 Å². The van der Waals surface area contributed by atoms with Crippen molar-refractivity contribution >= 4 is 22.4 Å². The van der Waals surface area contributed by atoms with Crippen LogP contribution in [0.5, 0.6) is 5.75 Å². The highest BCUT2D eigenvalue weighted by atomic mass is 32.1. The molecular weight excluding hydrogens is 260 g/mol. The maximum absolute atomic E-state index is 10.9. The van der Waals surface area contributed by atoms with Gasteiger partial charge in [-0.25, -0.2) is 4.98 Å². The van der Waals surface area contributed by atoms with Gasteiger partial charge in [0.05, 0.1) is 11.8 Å². The first-order chi connectivity index (χ1) is 9.04. The average Bonchev–Trinajstić information content (AvgIpc) is 2.76. The minimum absolute atomic E-state index is 0.110. The Hall–Kier alpha value is -1.88. The Kier molecular flexibility index (Phi) is 4.16. The molecule has 0 aliphatic heterocycles. The van der Waals surface area contributed by atoms with Crippen LogP contribution in [-0.4, -0.2) is 17.0 Å². The van der Waals surface area contributed by atoms with Gasteiger partial charge in [-0.05, 0) is 38.1 Å². The first kappa shape index (κ1) is 13.5. The molecule has 0 spiro atoms. The number of carbonyl (C=O) groups excluding carboxylic acids is 1. The standard InChI is InChI=1S/C14H16N2O2S/c1-9(2)18-12-6-4-11(5-7-12)13-8-19-14(16-13)15-10(3)17/h4-9H,1-3H3,(H,15,16,17). The summed E-state index contributed by atoms with van der Waals surface area (Å²) in [6, 6.07) is 7.77. The fourth-order valence-corrected chi connectivity index (χ4v) is 2.36. The summed E-state index contributed by atoms with van der Waals surface area (Å²) < 4.78 is 5.59. The minimum Gasteiger partial charge on any atom is -0.491 e. The molecule has 19 heavy (non-hydrogen) atoms. The Morgan fingerprint density at radius 2 is 2.00 bits per heavy atom. The number of aromatic nitrogens is 1. The predicted octanol–water partition coefficient (Wildman–Crippen LogP) is 3.56. The molecule has 1 heterocycles. The number of hydrogen-bond acceptors (Lipinski definition) is 4. The summed E-state index contributed by atoms with van der Waals surface area (Å²) in [4.78, 5) is 15.3. The smallest absolute Gasteiger partial charge is 0.223 e. The van der Waals surface area contributed by atoms with Crippen molar-refractivity contribution in [1.82, 2.24) is 4.98 Å². The van der Waals surface area contributed by atoms with Gasteiger partial charge >= 0.3 is 0 Å². The third-order valence-electron chi connectivity index (χ3n) is 2.31. The van der Waals surface area contributed by atoms with Crippen molar-refractivity contribution in [3.05, 3.63) is 29.6 Å². The predicted molar refractivity (Wildman–Crippen MR) is 77.6 cm³/mol. The third-order valence-corrected chi connectivity index (χ3v) is 3.07. The number of benzene rings is 1. The Morgan fingerprint density at radius 1 is 1.32 bits per heavy atom. The van der Waals surface area contributed by atoms with Crippen molar-refractivity contribution in [2.45, 2.75) is 26.9 Å². The van der Waals surface area contributed by atoms with Crippen LogP contribution in [-0.2, 0) is 4.79 Å². The van der Waals surface area contributed by atoms with Crippen LogP contribution < -0.4 is 10.1 Å². The van der Waals surface area contributed by atoms with Gasteiger partial charge < -0.3 is 10.1 Å². The maximum Gasteiger partial charge on any atom is 0.223 e. The van der Waals surface area contributed by atoms with Crippen LogP contribution in [0.4, 0.5) is 5.13 Å². The molecule has 100 valence electrons.